The van der Waals surface area contributed by atoms with E-state index < -0.39 is 27.3 Å². The van der Waals surface area contributed by atoms with Gasteiger partial charge in [-0.15, -0.1) is 0 Å². The van der Waals surface area contributed by atoms with Gasteiger partial charge in [0.25, 0.3) is 0 Å². The van der Waals surface area contributed by atoms with Gasteiger partial charge in [0.15, 0.2) is 0 Å². The third-order valence-corrected chi connectivity index (χ3v) is 5.75. The summed E-state index contributed by atoms with van der Waals surface area (Å²) in [4.78, 5) is 11.3. The predicted octanol–water partition coefficient (Wildman–Crippen LogP) is 4.38. The van der Waals surface area contributed by atoms with Crippen LogP contribution in [0.25, 0.3) is 11.1 Å². The zero-order valence-electron chi connectivity index (χ0n) is 16.4. The summed E-state index contributed by atoms with van der Waals surface area (Å²) in [7, 11) is -5.82. The van der Waals surface area contributed by atoms with Crippen LogP contribution in [0.1, 0.15) is 12.0 Å². The number of nitrogens with one attached hydrogen (secondary N) is 2. The summed E-state index contributed by atoms with van der Waals surface area (Å²) in [5.74, 6) is -1.12. The quantitative estimate of drug-likeness (QED) is 0.253. The van der Waals surface area contributed by atoms with E-state index in [0.29, 0.717) is 16.7 Å². The van der Waals surface area contributed by atoms with Crippen LogP contribution in [0.4, 0.5) is 24.5 Å². The first-order valence-corrected chi connectivity index (χ1v) is 12.5. The van der Waals surface area contributed by atoms with Gasteiger partial charge in [0.05, 0.1) is 0 Å². The summed E-state index contributed by atoms with van der Waals surface area (Å²) in [6.45, 7) is 0. The number of benzene rings is 2. The Morgan fingerprint density at radius 3 is 2.13 bits per heavy atom. The van der Waals surface area contributed by atoms with Crippen LogP contribution in [-0.4, -0.2) is 32.3 Å². The molecule has 0 bridgehead atoms. The average Bonchev–Trinajstić information content (AvgIpc) is 2.65. The number of rotatable bonds is 10. The fourth-order valence-electron chi connectivity index (χ4n) is 2.68. The molecule has 31 heavy (non-hydrogen) atoms. The van der Waals surface area contributed by atoms with Crippen LogP contribution in [0.15, 0.2) is 36.4 Å². The normalized spacial score (nSPS) is 11.8. The Morgan fingerprint density at radius 1 is 1.06 bits per heavy atom. The number of hydrogen-bond acceptors (Lipinski definition) is 8. The SMILES string of the molecule is CSNc1cc(NSC)cc(-c2ccc(OS(=O)(=O)C(F)(F)F)cc2CCC(N)=O)c1. The maximum atomic E-state index is 12.7. The first-order chi connectivity index (χ1) is 14.5. The molecule has 2 rings (SSSR count). The number of carbonyl (C=O) groups is 1. The molecule has 2 aromatic carbocycles. The van der Waals surface area contributed by atoms with Crippen molar-refractivity contribution in [1.29, 1.82) is 0 Å². The summed E-state index contributed by atoms with van der Waals surface area (Å²) in [6, 6.07) is 9.24. The Balaban J connectivity index is 2.55. The van der Waals surface area contributed by atoms with E-state index in [1.165, 1.54) is 30.0 Å². The second-order valence-corrected chi connectivity index (χ2v) is 8.94. The molecule has 0 heterocycles. The number of alkyl halides is 3. The van der Waals surface area contributed by atoms with Gasteiger partial charge in [-0.2, -0.15) is 21.6 Å². The number of aryl methyl sites for hydroxylation is 1. The highest BCUT2D eigenvalue weighted by Gasteiger charge is 2.48. The molecule has 4 N–H and O–H groups in total. The van der Waals surface area contributed by atoms with Crippen molar-refractivity contribution in [3.05, 3.63) is 42.0 Å². The van der Waals surface area contributed by atoms with E-state index in [1.807, 2.05) is 30.7 Å². The highest BCUT2D eigenvalue weighted by molar-refractivity contribution is 8.00. The Hall–Kier alpha value is -2.25. The lowest BCUT2D eigenvalue weighted by molar-refractivity contribution is -0.118. The van der Waals surface area contributed by atoms with Gasteiger partial charge < -0.3 is 19.4 Å². The van der Waals surface area contributed by atoms with Gasteiger partial charge in [0, 0.05) is 30.3 Å². The molecule has 0 radical (unpaired) electrons. The third-order valence-electron chi connectivity index (χ3n) is 3.89. The minimum atomic E-state index is -5.82. The number of nitrogens with two attached hydrogens (primary N) is 1. The molecule has 170 valence electrons. The summed E-state index contributed by atoms with van der Waals surface area (Å²) >= 11 is 2.75. The Bertz CT molecular complexity index is 1020. The molecule has 0 aromatic heterocycles. The largest absolute Gasteiger partial charge is 0.534 e. The van der Waals surface area contributed by atoms with Crippen LogP contribution in [0.3, 0.4) is 0 Å². The molecule has 0 atom stereocenters. The minimum absolute atomic E-state index is 0.0822. The smallest absolute Gasteiger partial charge is 0.376 e. The number of carbonyl (C=O) groups excluding carboxylic acids is 1. The molecule has 0 aliphatic heterocycles. The summed E-state index contributed by atoms with van der Waals surface area (Å²) in [5, 5.41) is 0. The van der Waals surface area contributed by atoms with E-state index in [0.717, 1.165) is 23.5 Å². The molecule has 13 heteroatoms. The third kappa shape index (κ3) is 6.87. The van der Waals surface area contributed by atoms with Crippen molar-refractivity contribution in [2.24, 2.45) is 5.73 Å². The van der Waals surface area contributed by atoms with Crippen molar-refractivity contribution >= 4 is 51.3 Å². The Morgan fingerprint density at radius 2 is 1.65 bits per heavy atom. The molecule has 0 spiro atoms. The minimum Gasteiger partial charge on any atom is -0.376 e. The molecule has 7 nitrogen and oxygen atoms in total. The Kier molecular flexibility index (Phi) is 8.37. The van der Waals surface area contributed by atoms with Crippen molar-refractivity contribution in [2.75, 3.05) is 22.0 Å². The number of primary amides is 1. The van der Waals surface area contributed by atoms with Crippen LogP contribution in [0, 0.1) is 0 Å². The van der Waals surface area contributed by atoms with Gasteiger partial charge in [-0.05, 0) is 53.4 Å². The molecular formula is C18H20F3N3O4S3. The fraction of sp³-hybridized carbons (Fsp3) is 0.278. The lowest BCUT2D eigenvalue weighted by Gasteiger charge is -2.16. The van der Waals surface area contributed by atoms with Crippen molar-refractivity contribution in [2.45, 2.75) is 18.3 Å². The van der Waals surface area contributed by atoms with Gasteiger partial charge in [-0.3, -0.25) is 4.79 Å². The molecule has 0 saturated heterocycles. The molecule has 0 saturated carbocycles. The molecule has 2 aromatic rings. The van der Waals surface area contributed by atoms with Gasteiger partial charge in [-0.1, -0.05) is 30.0 Å². The van der Waals surface area contributed by atoms with E-state index >= 15 is 0 Å². The molecule has 0 aliphatic rings. The molecule has 1 amide bonds. The van der Waals surface area contributed by atoms with E-state index in [2.05, 4.69) is 13.6 Å². The molecule has 0 aliphatic carbocycles. The summed E-state index contributed by atoms with van der Waals surface area (Å²) in [5.41, 5.74) is 2.88. The average molecular weight is 496 g/mol. The summed E-state index contributed by atoms with van der Waals surface area (Å²) in [6.07, 6.45) is 3.69. The number of hydrogen-bond donors (Lipinski definition) is 3. The Labute approximate surface area is 186 Å². The van der Waals surface area contributed by atoms with Crippen molar-refractivity contribution in [3.8, 4) is 16.9 Å². The van der Waals surface area contributed by atoms with E-state index in [9.17, 15) is 26.4 Å². The zero-order valence-corrected chi connectivity index (χ0v) is 18.9. The van der Waals surface area contributed by atoms with Crippen LogP contribution in [-0.2, 0) is 21.3 Å². The van der Waals surface area contributed by atoms with Crippen LogP contribution < -0.4 is 19.4 Å². The van der Waals surface area contributed by atoms with E-state index in [1.54, 1.807) is 0 Å². The monoisotopic (exact) mass is 495 g/mol. The molecular weight excluding hydrogens is 475 g/mol. The van der Waals surface area contributed by atoms with E-state index in [4.69, 9.17) is 5.73 Å². The van der Waals surface area contributed by atoms with Crippen LogP contribution >= 0.6 is 23.9 Å². The second kappa shape index (κ2) is 10.4. The van der Waals surface area contributed by atoms with Crippen molar-refractivity contribution in [3.63, 3.8) is 0 Å². The number of amides is 1. The maximum absolute atomic E-state index is 12.7. The van der Waals surface area contributed by atoms with Gasteiger partial charge in [0.2, 0.25) is 5.91 Å². The predicted molar refractivity (Wildman–Crippen MR) is 119 cm³/mol. The van der Waals surface area contributed by atoms with Gasteiger partial charge in [-0.25, -0.2) is 0 Å². The maximum Gasteiger partial charge on any atom is 0.534 e. The van der Waals surface area contributed by atoms with E-state index in [-0.39, 0.29) is 12.8 Å². The number of halogens is 3. The van der Waals surface area contributed by atoms with Crippen LogP contribution in [0.5, 0.6) is 5.75 Å². The highest BCUT2D eigenvalue weighted by Crippen LogP contribution is 2.35. The number of anilines is 2. The molecule has 0 unspecified atom stereocenters. The second-order valence-electron chi connectivity index (χ2n) is 6.18. The standard InChI is InChI=1S/C18H20F3N3O4S3/c1-29-23-13-7-12(8-14(10-13)24-30-2)16-5-4-15(9-11(16)3-6-17(22)25)28-31(26,27)18(19,20)21/h4-5,7-10,23-24H,3,6H2,1-2H3,(H2,22,25). The van der Waals surface area contributed by atoms with Crippen LogP contribution in [0.2, 0.25) is 0 Å². The lowest BCUT2D eigenvalue weighted by Crippen LogP contribution is -2.28. The van der Waals surface area contributed by atoms with Crippen molar-refractivity contribution < 1.29 is 30.6 Å². The first kappa shape index (κ1) is 25.0. The molecule has 0 fully saturated rings. The lowest BCUT2D eigenvalue weighted by atomic mass is 9.95. The highest BCUT2D eigenvalue weighted by atomic mass is 32.2. The summed E-state index contributed by atoms with van der Waals surface area (Å²) < 4.78 is 71.1. The van der Waals surface area contributed by atoms with Gasteiger partial charge >= 0.3 is 15.6 Å². The topological polar surface area (TPSA) is 111 Å². The zero-order chi connectivity index (χ0) is 23.2. The first-order valence-electron chi connectivity index (χ1n) is 8.62. The fourth-order valence-corrected chi connectivity index (χ4v) is 3.84. The van der Waals surface area contributed by atoms with Crippen molar-refractivity contribution in [1.82, 2.24) is 0 Å². The van der Waals surface area contributed by atoms with Gasteiger partial charge in [0.1, 0.15) is 5.75 Å².